The van der Waals surface area contributed by atoms with Crippen molar-refractivity contribution in [2.24, 2.45) is 5.92 Å². The number of carbonyl (C=O) groups excluding carboxylic acids is 1. The van der Waals surface area contributed by atoms with Gasteiger partial charge in [0, 0.05) is 26.3 Å². The fraction of sp³-hybridized carbons (Fsp3) is 0.400. The molecule has 4 nitrogen and oxygen atoms in total. The number of nitrogens with zero attached hydrogens (tertiary/aromatic N) is 3. The average Bonchev–Trinajstić information content (AvgIpc) is 2.62. The number of rotatable bonds is 5. The maximum absolute atomic E-state index is 13.4. The van der Waals surface area contributed by atoms with Crippen molar-refractivity contribution in [2.75, 3.05) is 20.1 Å². The largest absolute Gasteiger partial charge is 0.340 e. The van der Waals surface area contributed by atoms with Crippen LogP contribution in [0.5, 0.6) is 0 Å². The van der Waals surface area contributed by atoms with Crippen LogP contribution in [0, 0.1) is 11.7 Å². The van der Waals surface area contributed by atoms with E-state index in [2.05, 4.69) is 9.88 Å². The van der Waals surface area contributed by atoms with Crippen molar-refractivity contribution >= 4 is 5.91 Å². The number of aromatic nitrogens is 1. The minimum absolute atomic E-state index is 0.00368. The van der Waals surface area contributed by atoms with Gasteiger partial charge in [-0.05, 0) is 49.2 Å². The summed E-state index contributed by atoms with van der Waals surface area (Å²) < 4.78 is 13.4. The number of benzene rings is 1. The molecule has 0 aliphatic carbocycles. The number of halogens is 1. The van der Waals surface area contributed by atoms with Gasteiger partial charge in [0.25, 0.3) is 0 Å². The van der Waals surface area contributed by atoms with Crippen LogP contribution in [0.1, 0.15) is 24.1 Å². The molecular weight excluding hydrogens is 317 g/mol. The van der Waals surface area contributed by atoms with Gasteiger partial charge >= 0.3 is 0 Å². The van der Waals surface area contributed by atoms with Gasteiger partial charge in [0.15, 0.2) is 0 Å². The number of likely N-dealkylation sites (tertiary alicyclic amines) is 1. The summed E-state index contributed by atoms with van der Waals surface area (Å²) in [4.78, 5) is 21.1. The smallest absolute Gasteiger partial charge is 0.227 e. The van der Waals surface area contributed by atoms with Crippen molar-refractivity contribution in [3.63, 3.8) is 0 Å². The molecule has 1 amide bonds. The van der Waals surface area contributed by atoms with Gasteiger partial charge in [0.05, 0.1) is 18.2 Å². The van der Waals surface area contributed by atoms with Gasteiger partial charge in [-0.1, -0.05) is 18.2 Å². The highest BCUT2D eigenvalue weighted by Crippen LogP contribution is 2.21. The Morgan fingerprint density at radius 3 is 2.96 bits per heavy atom. The maximum atomic E-state index is 13.4. The second kappa shape index (κ2) is 8.21. The van der Waals surface area contributed by atoms with Crippen LogP contribution in [0.4, 0.5) is 4.39 Å². The highest BCUT2D eigenvalue weighted by molar-refractivity contribution is 5.78. The van der Waals surface area contributed by atoms with E-state index in [1.807, 2.05) is 31.3 Å². The third-order valence-corrected chi connectivity index (χ3v) is 4.65. The molecule has 5 heteroatoms. The van der Waals surface area contributed by atoms with Crippen LogP contribution in [-0.4, -0.2) is 40.8 Å². The molecule has 0 saturated carbocycles. The molecule has 1 atom stereocenters. The van der Waals surface area contributed by atoms with Crippen LogP contribution < -0.4 is 0 Å². The Morgan fingerprint density at radius 2 is 2.20 bits per heavy atom. The predicted octanol–water partition coefficient (Wildman–Crippen LogP) is 3.09. The zero-order valence-electron chi connectivity index (χ0n) is 14.6. The van der Waals surface area contributed by atoms with Crippen LogP contribution in [-0.2, 0) is 17.9 Å². The fourth-order valence-corrected chi connectivity index (χ4v) is 3.42. The second-order valence-corrected chi connectivity index (χ2v) is 6.72. The van der Waals surface area contributed by atoms with Crippen LogP contribution in [0.2, 0.25) is 0 Å². The Balaban J connectivity index is 1.57. The van der Waals surface area contributed by atoms with Gasteiger partial charge in [-0.2, -0.15) is 0 Å². The summed E-state index contributed by atoms with van der Waals surface area (Å²) in [6, 6.07) is 12.4. The second-order valence-electron chi connectivity index (χ2n) is 6.72. The van der Waals surface area contributed by atoms with Gasteiger partial charge in [0.2, 0.25) is 5.91 Å². The topological polar surface area (TPSA) is 36.4 Å². The third-order valence-electron chi connectivity index (χ3n) is 4.65. The van der Waals surface area contributed by atoms with Gasteiger partial charge in [-0.3, -0.25) is 14.7 Å². The molecule has 25 heavy (non-hydrogen) atoms. The van der Waals surface area contributed by atoms with Crippen LogP contribution >= 0.6 is 0 Å². The average molecular weight is 341 g/mol. The molecule has 1 unspecified atom stereocenters. The van der Waals surface area contributed by atoms with E-state index >= 15 is 0 Å². The molecule has 0 radical (unpaired) electrons. The highest BCUT2D eigenvalue weighted by atomic mass is 19.1. The number of piperidine rings is 1. The van der Waals surface area contributed by atoms with Gasteiger partial charge in [-0.15, -0.1) is 0 Å². The molecule has 1 saturated heterocycles. The maximum Gasteiger partial charge on any atom is 0.227 e. The lowest BCUT2D eigenvalue weighted by Crippen LogP contribution is -2.43. The van der Waals surface area contributed by atoms with Gasteiger partial charge in [-0.25, -0.2) is 4.39 Å². The number of hydrogen-bond donors (Lipinski definition) is 0. The van der Waals surface area contributed by atoms with Gasteiger partial charge in [0.1, 0.15) is 5.82 Å². The lowest BCUT2D eigenvalue weighted by atomic mass is 9.96. The molecular formula is C20H24FN3O. The Labute approximate surface area is 148 Å². The minimum Gasteiger partial charge on any atom is -0.340 e. The molecule has 1 aliphatic rings. The molecule has 1 aromatic heterocycles. The van der Waals surface area contributed by atoms with E-state index in [0.29, 0.717) is 13.1 Å². The van der Waals surface area contributed by atoms with Crippen molar-refractivity contribution in [1.29, 1.82) is 0 Å². The summed E-state index contributed by atoms with van der Waals surface area (Å²) in [6.45, 7) is 2.89. The van der Waals surface area contributed by atoms with Crippen molar-refractivity contribution < 1.29 is 9.18 Å². The first-order valence-electron chi connectivity index (χ1n) is 8.73. The predicted molar refractivity (Wildman–Crippen MR) is 95.1 cm³/mol. The molecule has 132 valence electrons. The molecule has 0 bridgehead atoms. The lowest BCUT2D eigenvalue weighted by molar-refractivity contribution is -0.136. The Kier molecular flexibility index (Phi) is 5.76. The number of carbonyl (C=O) groups is 1. The fourth-order valence-electron chi connectivity index (χ4n) is 3.42. The summed E-state index contributed by atoms with van der Waals surface area (Å²) >= 11 is 0. The van der Waals surface area contributed by atoms with Crippen LogP contribution in [0.15, 0.2) is 48.7 Å². The molecule has 0 N–H and O–H groups in total. The molecule has 3 rings (SSSR count). The minimum atomic E-state index is -0.211. The Hall–Kier alpha value is -2.27. The summed E-state index contributed by atoms with van der Waals surface area (Å²) in [6.07, 6.45) is 3.64. The van der Waals surface area contributed by atoms with E-state index in [-0.39, 0.29) is 17.6 Å². The zero-order chi connectivity index (χ0) is 17.6. The summed E-state index contributed by atoms with van der Waals surface area (Å²) in [5.41, 5.74) is 1.85. The zero-order valence-corrected chi connectivity index (χ0v) is 14.6. The SMILES string of the molecule is CN(Cc1ccccn1)C(=O)C1CCCN(Cc2cccc(F)c2)C1. The van der Waals surface area contributed by atoms with Crippen molar-refractivity contribution in [2.45, 2.75) is 25.9 Å². The number of hydrogen-bond acceptors (Lipinski definition) is 3. The van der Waals surface area contributed by atoms with E-state index in [0.717, 1.165) is 37.2 Å². The van der Waals surface area contributed by atoms with Crippen LogP contribution in [0.3, 0.4) is 0 Å². The van der Waals surface area contributed by atoms with Crippen molar-refractivity contribution in [3.05, 3.63) is 65.7 Å². The van der Waals surface area contributed by atoms with E-state index in [9.17, 15) is 9.18 Å². The van der Waals surface area contributed by atoms with E-state index < -0.39 is 0 Å². The van der Waals surface area contributed by atoms with E-state index in [4.69, 9.17) is 0 Å². The standard InChI is InChI=1S/C20H24FN3O/c1-23(15-19-9-2-3-10-22-19)20(25)17-7-5-11-24(14-17)13-16-6-4-8-18(21)12-16/h2-4,6,8-10,12,17H,5,7,11,13-15H2,1H3. The molecule has 1 aromatic carbocycles. The van der Waals surface area contributed by atoms with E-state index in [1.165, 1.54) is 6.07 Å². The molecule has 2 heterocycles. The van der Waals surface area contributed by atoms with Crippen LogP contribution in [0.25, 0.3) is 0 Å². The molecule has 2 aromatic rings. The Bertz CT molecular complexity index is 707. The lowest BCUT2D eigenvalue weighted by Gasteiger charge is -2.34. The first kappa shape index (κ1) is 17.5. The number of amides is 1. The quantitative estimate of drug-likeness (QED) is 0.838. The molecule has 0 spiro atoms. The monoisotopic (exact) mass is 341 g/mol. The van der Waals surface area contributed by atoms with E-state index in [1.54, 1.807) is 23.2 Å². The summed E-state index contributed by atoms with van der Waals surface area (Å²) in [7, 11) is 1.84. The number of pyridine rings is 1. The molecule has 1 aliphatic heterocycles. The first-order valence-corrected chi connectivity index (χ1v) is 8.73. The molecule has 1 fully saturated rings. The van der Waals surface area contributed by atoms with Crippen molar-refractivity contribution in [3.8, 4) is 0 Å². The third kappa shape index (κ3) is 4.86. The van der Waals surface area contributed by atoms with Gasteiger partial charge < -0.3 is 4.90 Å². The normalized spacial score (nSPS) is 18.1. The first-order chi connectivity index (χ1) is 12.1. The summed E-state index contributed by atoms with van der Waals surface area (Å²) in [5.74, 6) is -0.0529. The highest BCUT2D eigenvalue weighted by Gasteiger charge is 2.28. The Morgan fingerprint density at radius 1 is 1.32 bits per heavy atom. The summed E-state index contributed by atoms with van der Waals surface area (Å²) in [5, 5.41) is 0. The van der Waals surface area contributed by atoms with Crippen molar-refractivity contribution in [1.82, 2.24) is 14.8 Å².